The number of carbonyl (C=O) groups is 1. The highest BCUT2D eigenvalue weighted by molar-refractivity contribution is 7.22. The number of hydrogen-bond acceptors (Lipinski definition) is 3. The third-order valence-electron chi connectivity index (χ3n) is 4.65. The molecule has 4 rings (SSSR count). The van der Waals surface area contributed by atoms with Crippen molar-refractivity contribution < 1.29 is 4.79 Å². The van der Waals surface area contributed by atoms with Gasteiger partial charge in [0.1, 0.15) is 0 Å². The molecule has 0 spiro atoms. The van der Waals surface area contributed by atoms with Gasteiger partial charge in [0, 0.05) is 5.02 Å². The van der Waals surface area contributed by atoms with Crippen LogP contribution < -0.4 is 4.90 Å². The van der Waals surface area contributed by atoms with E-state index in [9.17, 15) is 4.79 Å². The van der Waals surface area contributed by atoms with E-state index in [2.05, 4.69) is 0 Å². The van der Waals surface area contributed by atoms with Gasteiger partial charge in [-0.3, -0.25) is 9.69 Å². The molecule has 0 bridgehead atoms. The number of thiazole rings is 1. The first-order valence-corrected chi connectivity index (χ1v) is 10.2. The SMILES string of the molecule is Cc1c(Cl)ccc2sc(N(Cc3ccccc3)C(=O)Cc3ccccc3)nc12. The van der Waals surface area contributed by atoms with E-state index in [1.807, 2.05) is 79.7 Å². The van der Waals surface area contributed by atoms with E-state index in [0.29, 0.717) is 23.1 Å². The Kier molecular flexibility index (Phi) is 5.42. The van der Waals surface area contributed by atoms with Crippen LogP contribution in [0.4, 0.5) is 5.13 Å². The zero-order chi connectivity index (χ0) is 19.5. The molecule has 0 fully saturated rings. The first-order valence-electron chi connectivity index (χ1n) is 9.05. The molecule has 1 heterocycles. The van der Waals surface area contributed by atoms with Gasteiger partial charge in [0.2, 0.25) is 5.91 Å². The molecule has 0 saturated heterocycles. The predicted octanol–water partition coefficient (Wildman–Crippen LogP) is 6.03. The summed E-state index contributed by atoms with van der Waals surface area (Å²) in [6.45, 7) is 2.45. The van der Waals surface area contributed by atoms with Crippen LogP contribution in [-0.2, 0) is 17.8 Å². The van der Waals surface area contributed by atoms with Crippen LogP contribution in [0.1, 0.15) is 16.7 Å². The lowest BCUT2D eigenvalue weighted by molar-refractivity contribution is -0.118. The van der Waals surface area contributed by atoms with Crippen LogP contribution in [0.2, 0.25) is 5.02 Å². The molecule has 1 aromatic heterocycles. The number of halogens is 1. The number of benzene rings is 3. The average molecular weight is 407 g/mol. The zero-order valence-corrected chi connectivity index (χ0v) is 17.0. The Morgan fingerprint density at radius 3 is 2.29 bits per heavy atom. The Balaban J connectivity index is 1.72. The van der Waals surface area contributed by atoms with Crippen molar-refractivity contribution in [2.24, 2.45) is 0 Å². The quantitative estimate of drug-likeness (QED) is 0.405. The molecule has 0 aliphatic rings. The van der Waals surface area contributed by atoms with Gasteiger partial charge in [-0.2, -0.15) is 0 Å². The molecule has 5 heteroatoms. The number of amides is 1. The van der Waals surface area contributed by atoms with Crippen LogP contribution in [0.5, 0.6) is 0 Å². The maximum Gasteiger partial charge on any atom is 0.233 e. The fourth-order valence-corrected chi connectivity index (χ4v) is 4.29. The van der Waals surface area contributed by atoms with E-state index >= 15 is 0 Å². The van der Waals surface area contributed by atoms with E-state index in [1.165, 1.54) is 11.3 Å². The minimum Gasteiger partial charge on any atom is -0.283 e. The van der Waals surface area contributed by atoms with Crippen LogP contribution in [0.25, 0.3) is 10.2 Å². The van der Waals surface area contributed by atoms with Crippen molar-refractivity contribution in [2.75, 3.05) is 4.90 Å². The first kappa shape index (κ1) is 18.7. The van der Waals surface area contributed by atoms with Gasteiger partial charge in [-0.1, -0.05) is 83.6 Å². The minimum atomic E-state index is 0.0258. The van der Waals surface area contributed by atoms with Crippen molar-refractivity contribution in [3.63, 3.8) is 0 Å². The van der Waals surface area contributed by atoms with E-state index < -0.39 is 0 Å². The number of fused-ring (bicyclic) bond motifs is 1. The van der Waals surface area contributed by atoms with E-state index in [-0.39, 0.29) is 5.91 Å². The Labute approximate surface area is 173 Å². The lowest BCUT2D eigenvalue weighted by atomic mass is 10.1. The van der Waals surface area contributed by atoms with E-state index in [4.69, 9.17) is 16.6 Å². The smallest absolute Gasteiger partial charge is 0.233 e. The highest BCUT2D eigenvalue weighted by Crippen LogP contribution is 2.34. The molecule has 140 valence electrons. The molecule has 0 saturated carbocycles. The third kappa shape index (κ3) is 3.93. The molecule has 0 unspecified atom stereocenters. The van der Waals surface area contributed by atoms with Crippen LogP contribution in [0.3, 0.4) is 0 Å². The summed E-state index contributed by atoms with van der Waals surface area (Å²) in [6.07, 6.45) is 0.337. The van der Waals surface area contributed by atoms with Gasteiger partial charge in [-0.25, -0.2) is 4.98 Å². The highest BCUT2D eigenvalue weighted by atomic mass is 35.5. The fraction of sp³-hybridized carbons (Fsp3) is 0.130. The number of aryl methyl sites for hydroxylation is 1. The van der Waals surface area contributed by atoms with Crippen LogP contribution in [0, 0.1) is 6.92 Å². The second-order valence-electron chi connectivity index (χ2n) is 6.64. The van der Waals surface area contributed by atoms with Gasteiger partial charge in [0.05, 0.1) is 23.2 Å². The predicted molar refractivity (Wildman–Crippen MR) is 117 cm³/mol. The second kappa shape index (κ2) is 8.13. The van der Waals surface area contributed by atoms with Crippen LogP contribution in [0.15, 0.2) is 72.8 Å². The summed E-state index contributed by atoms with van der Waals surface area (Å²) in [4.78, 5) is 19.8. The van der Waals surface area contributed by atoms with Gasteiger partial charge >= 0.3 is 0 Å². The number of rotatable bonds is 5. The molecule has 0 atom stereocenters. The Morgan fingerprint density at radius 2 is 1.61 bits per heavy atom. The van der Waals surface area contributed by atoms with E-state index in [1.54, 1.807) is 4.90 Å². The highest BCUT2D eigenvalue weighted by Gasteiger charge is 2.21. The standard InChI is InChI=1S/C23H19ClN2OS/c1-16-19(24)12-13-20-22(16)25-23(28-20)26(15-18-10-6-3-7-11-18)21(27)14-17-8-4-2-5-9-17/h2-13H,14-15H2,1H3. The van der Waals surface area contributed by atoms with Gasteiger partial charge in [-0.05, 0) is 35.7 Å². The van der Waals surface area contributed by atoms with E-state index in [0.717, 1.165) is 26.9 Å². The molecule has 0 N–H and O–H groups in total. The van der Waals surface area contributed by atoms with Gasteiger partial charge in [0.25, 0.3) is 0 Å². The van der Waals surface area contributed by atoms with Crippen molar-refractivity contribution in [1.29, 1.82) is 0 Å². The molecule has 0 radical (unpaired) electrons. The third-order valence-corrected chi connectivity index (χ3v) is 6.10. The lowest BCUT2D eigenvalue weighted by Gasteiger charge is -2.20. The summed E-state index contributed by atoms with van der Waals surface area (Å²) in [6, 6.07) is 23.6. The van der Waals surface area contributed by atoms with Crippen molar-refractivity contribution in [2.45, 2.75) is 19.9 Å². The fourth-order valence-electron chi connectivity index (χ4n) is 3.10. The molecule has 28 heavy (non-hydrogen) atoms. The molecule has 0 aliphatic carbocycles. The monoisotopic (exact) mass is 406 g/mol. The molecule has 3 aromatic carbocycles. The van der Waals surface area contributed by atoms with Gasteiger partial charge < -0.3 is 0 Å². The summed E-state index contributed by atoms with van der Waals surface area (Å²) in [5.41, 5.74) is 3.86. The van der Waals surface area contributed by atoms with Crippen molar-refractivity contribution in [3.8, 4) is 0 Å². The maximum absolute atomic E-state index is 13.2. The van der Waals surface area contributed by atoms with Crippen LogP contribution in [-0.4, -0.2) is 10.9 Å². The van der Waals surface area contributed by atoms with Crippen LogP contribution >= 0.6 is 22.9 Å². The minimum absolute atomic E-state index is 0.0258. The number of carbonyl (C=O) groups excluding carboxylic acids is 1. The number of nitrogens with zero attached hydrogens (tertiary/aromatic N) is 2. The maximum atomic E-state index is 13.2. The average Bonchev–Trinajstić information content (AvgIpc) is 3.15. The summed E-state index contributed by atoms with van der Waals surface area (Å²) >= 11 is 7.78. The number of hydrogen-bond donors (Lipinski definition) is 0. The van der Waals surface area contributed by atoms with Crippen molar-refractivity contribution in [3.05, 3.63) is 94.5 Å². The largest absolute Gasteiger partial charge is 0.283 e. The lowest BCUT2D eigenvalue weighted by Crippen LogP contribution is -2.31. The summed E-state index contributed by atoms with van der Waals surface area (Å²) in [7, 11) is 0. The normalized spacial score (nSPS) is 10.9. The Morgan fingerprint density at radius 1 is 0.964 bits per heavy atom. The number of aromatic nitrogens is 1. The van der Waals surface area contributed by atoms with Gasteiger partial charge in [-0.15, -0.1) is 0 Å². The van der Waals surface area contributed by atoms with Gasteiger partial charge in [0.15, 0.2) is 5.13 Å². The molecular formula is C23H19ClN2OS. The molecule has 4 aromatic rings. The zero-order valence-electron chi connectivity index (χ0n) is 15.4. The summed E-state index contributed by atoms with van der Waals surface area (Å²) < 4.78 is 1.03. The Bertz CT molecular complexity index is 1110. The molecule has 0 aliphatic heterocycles. The Hall–Kier alpha value is -2.69. The van der Waals surface area contributed by atoms with Crippen molar-refractivity contribution in [1.82, 2.24) is 4.98 Å². The second-order valence-corrected chi connectivity index (χ2v) is 8.06. The molecule has 1 amide bonds. The van der Waals surface area contributed by atoms with Crippen molar-refractivity contribution >= 4 is 44.2 Å². The number of anilines is 1. The topological polar surface area (TPSA) is 33.2 Å². The molecule has 3 nitrogen and oxygen atoms in total. The first-order chi connectivity index (χ1) is 13.6. The summed E-state index contributed by atoms with van der Waals surface area (Å²) in [5, 5.41) is 1.39. The summed E-state index contributed by atoms with van der Waals surface area (Å²) in [5.74, 6) is 0.0258. The molecular weight excluding hydrogens is 388 g/mol.